The normalized spacial score (nSPS) is 10.5. The smallest absolute Gasteiger partial charge is 0.320 e. The van der Waals surface area contributed by atoms with Gasteiger partial charge in [0.25, 0.3) is 5.91 Å². The van der Waals surface area contributed by atoms with Crippen LogP contribution in [-0.4, -0.2) is 44.1 Å². The molecule has 0 spiro atoms. The van der Waals surface area contributed by atoms with Crippen LogP contribution >= 0.6 is 0 Å². The van der Waals surface area contributed by atoms with Crippen LogP contribution in [0.5, 0.6) is 11.5 Å². The highest BCUT2D eigenvalue weighted by molar-refractivity contribution is 5.94. The molecule has 0 aromatic heterocycles. The Balaban J connectivity index is 1.57. The van der Waals surface area contributed by atoms with Crippen LogP contribution in [0.15, 0.2) is 78.9 Å². The summed E-state index contributed by atoms with van der Waals surface area (Å²) in [7, 11) is 3.04. The van der Waals surface area contributed by atoms with Gasteiger partial charge in [0.1, 0.15) is 11.5 Å². The summed E-state index contributed by atoms with van der Waals surface area (Å²) >= 11 is 0. The summed E-state index contributed by atoms with van der Waals surface area (Å²) in [5.74, 6) is 0.107. The number of carbonyl (C=O) groups excluding carboxylic acids is 2. The van der Waals surface area contributed by atoms with Gasteiger partial charge < -0.3 is 19.5 Å². The second-order valence-electron chi connectivity index (χ2n) is 7.39. The van der Waals surface area contributed by atoms with E-state index in [2.05, 4.69) is 5.32 Å². The first-order valence-electron chi connectivity index (χ1n) is 10.5. The molecule has 7 heteroatoms. The molecule has 0 heterocycles. The van der Waals surface area contributed by atoms with Crippen molar-refractivity contribution < 1.29 is 23.8 Å². The largest absolute Gasteiger partial charge is 0.497 e. The van der Waals surface area contributed by atoms with E-state index in [9.17, 15) is 9.59 Å². The second kappa shape index (κ2) is 12.3. The maximum absolute atomic E-state index is 12.5. The summed E-state index contributed by atoms with van der Waals surface area (Å²) in [5, 5.41) is 2.69. The molecule has 172 valence electrons. The van der Waals surface area contributed by atoms with E-state index in [0.717, 1.165) is 11.1 Å². The zero-order valence-corrected chi connectivity index (χ0v) is 18.8. The third kappa shape index (κ3) is 7.66. The molecule has 3 rings (SSSR count). The van der Waals surface area contributed by atoms with Crippen molar-refractivity contribution in [3.63, 3.8) is 0 Å². The molecule has 0 aliphatic rings. The minimum Gasteiger partial charge on any atom is -0.497 e. The average Bonchev–Trinajstić information content (AvgIpc) is 2.84. The number of esters is 1. The number of hydrogen-bond donors (Lipinski definition) is 1. The van der Waals surface area contributed by atoms with Crippen LogP contribution in [0.25, 0.3) is 0 Å². The molecular weight excluding hydrogens is 420 g/mol. The van der Waals surface area contributed by atoms with E-state index >= 15 is 0 Å². The van der Waals surface area contributed by atoms with Gasteiger partial charge in [-0.3, -0.25) is 14.5 Å². The molecule has 0 unspecified atom stereocenters. The Morgan fingerprint density at radius 2 is 1.42 bits per heavy atom. The van der Waals surface area contributed by atoms with Crippen molar-refractivity contribution in [1.82, 2.24) is 4.90 Å². The van der Waals surface area contributed by atoms with Gasteiger partial charge in [-0.15, -0.1) is 0 Å². The van der Waals surface area contributed by atoms with E-state index < -0.39 is 18.5 Å². The summed E-state index contributed by atoms with van der Waals surface area (Å²) in [6.07, 6.45) is 0. The molecule has 3 aromatic rings. The fourth-order valence-corrected chi connectivity index (χ4v) is 3.32. The molecule has 7 nitrogen and oxygen atoms in total. The summed E-state index contributed by atoms with van der Waals surface area (Å²) in [6, 6.07) is 24.9. The number of ether oxygens (including phenoxy) is 3. The lowest BCUT2D eigenvalue weighted by molar-refractivity contribution is -0.148. The molecule has 1 amide bonds. The van der Waals surface area contributed by atoms with Crippen molar-refractivity contribution in [2.45, 2.75) is 13.1 Å². The third-order valence-electron chi connectivity index (χ3n) is 4.90. The van der Waals surface area contributed by atoms with Crippen LogP contribution in [0.3, 0.4) is 0 Å². The van der Waals surface area contributed by atoms with Crippen molar-refractivity contribution in [1.29, 1.82) is 0 Å². The van der Waals surface area contributed by atoms with E-state index in [0.29, 0.717) is 30.3 Å². The van der Waals surface area contributed by atoms with Gasteiger partial charge in [0.05, 0.1) is 26.5 Å². The van der Waals surface area contributed by atoms with Crippen molar-refractivity contribution >= 4 is 17.6 Å². The van der Waals surface area contributed by atoms with E-state index in [1.54, 1.807) is 18.2 Å². The number of carbonyl (C=O) groups is 2. The average molecular weight is 449 g/mol. The third-order valence-corrected chi connectivity index (χ3v) is 4.90. The minimum absolute atomic E-state index is 0.0551. The van der Waals surface area contributed by atoms with Crippen LogP contribution in [-0.2, 0) is 27.4 Å². The Hall–Kier alpha value is -3.84. The first-order valence-corrected chi connectivity index (χ1v) is 10.5. The van der Waals surface area contributed by atoms with Crippen LogP contribution in [0.1, 0.15) is 11.1 Å². The maximum Gasteiger partial charge on any atom is 0.320 e. The minimum atomic E-state index is -0.477. The van der Waals surface area contributed by atoms with Gasteiger partial charge in [-0.1, -0.05) is 60.7 Å². The van der Waals surface area contributed by atoms with Gasteiger partial charge in [-0.2, -0.15) is 0 Å². The van der Waals surface area contributed by atoms with Crippen molar-refractivity contribution in [2.24, 2.45) is 0 Å². The standard InChI is InChI=1S/C26H28N2O5/c1-31-22-13-14-24(32-2)23(15-22)27-25(29)19-33-26(30)18-28(16-20-9-5-3-6-10-20)17-21-11-7-4-8-12-21/h3-15H,16-19H2,1-2H3,(H,27,29). The molecule has 0 saturated carbocycles. The highest BCUT2D eigenvalue weighted by Gasteiger charge is 2.16. The lowest BCUT2D eigenvalue weighted by atomic mass is 10.1. The fourth-order valence-electron chi connectivity index (χ4n) is 3.32. The Kier molecular flexibility index (Phi) is 8.85. The number of nitrogens with zero attached hydrogens (tertiary/aromatic N) is 1. The SMILES string of the molecule is COc1ccc(OC)c(NC(=O)COC(=O)CN(Cc2ccccc2)Cc2ccccc2)c1. The van der Waals surface area contributed by atoms with Crippen LogP contribution in [0.2, 0.25) is 0 Å². The lowest BCUT2D eigenvalue weighted by Gasteiger charge is -2.21. The molecule has 0 atom stereocenters. The van der Waals surface area contributed by atoms with Crippen molar-refractivity contribution in [3.05, 3.63) is 90.0 Å². The maximum atomic E-state index is 12.5. The van der Waals surface area contributed by atoms with Crippen molar-refractivity contribution in [2.75, 3.05) is 32.7 Å². The molecule has 1 N–H and O–H groups in total. The number of methoxy groups -OCH3 is 2. The van der Waals surface area contributed by atoms with E-state index in [1.807, 2.05) is 65.6 Å². The number of anilines is 1. The Bertz CT molecular complexity index is 1000. The molecule has 0 bridgehead atoms. The van der Waals surface area contributed by atoms with Gasteiger partial charge in [-0.05, 0) is 23.3 Å². The molecule has 0 aliphatic heterocycles. The molecule has 3 aromatic carbocycles. The number of rotatable bonds is 11. The van der Waals surface area contributed by atoms with Gasteiger partial charge in [-0.25, -0.2) is 0 Å². The predicted octanol–water partition coefficient (Wildman–Crippen LogP) is 3.89. The van der Waals surface area contributed by atoms with E-state index in [1.165, 1.54) is 14.2 Å². The monoisotopic (exact) mass is 448 g/mol. The molecular formula is C26H28N2O5. The number of benzene rings is 3. The first-order chi connectivity index (χ1) is 16.1. The molecule has 0 fully saturated rings. The molecule has 0 aliphatic carbocycles. The van der Waals surface area contributed by atoms with E-state index in [-0.39, 0.29) is 6.54 Å². The fraction of sp³-hybridized carbons (Fsp3) is 0.231. The van der Waals surface area contributed by atoms with Gasteiger partial charge >= 0.3 is 5.97 Å². The zero-order chi connectivity index (χ0) is 23.5. The number of nitrogens with one attached hydrogen (secondary N) is 1. The van der Waals surface area contributed by atoms with Crippen LogP contribution in [0.4, 0.5) is 5.69 Å². The van der Waals surface area contributed by atoms with Gasteiger partial charge in [0, 0.05) is 19.2 Å². The Labute approximate surface area is 193 Å². The topological polar surface area (TPSA) is 77.1 Å². The Morgan fingerprint density at radius 3 is 1.97 bits per heavy atom. The summed E-state index contributed by atoms with van der Waals surface area (Å²) < 4.78 is 15.7. The van der Waals surface area contributed by atoms with Crippen LogP contribution in [0, 0.1) is 0 Å². The lowest BCUT2D eigenvalue weighted by Crippen LogP contribution is -2.32. The number of hydrogen-bond acceptors (Lipinski definition) is 6. The van der Waals surface area contributed by atoms with Gasteiger partial charge in [0.15, 0.2) is 6.61 Å². The highest BCUT2D eigenvalue weighted by Crippen LogP contribution is 2.28. The highest BCUT2D eigenvalue weighted by atomic mass is 16.5. The number of amides is 1. The van der Waals surface area contributed by atoms with E-state index in [4.69, 9.17) is 14.2 Å². The zero-order valence-electron chi connectivity index (χ0n) is 18.8. The first kappa shape index (κ1) is 23.8. The molecule has 33 heavy (non-hydrogen) atoms. The summed E-state index contributed by atoms with van der Waals surface area (Å²) in [5.41, 5.74) is 2.61. The van der Waals surface area contributed by atoms with Crippen LogP contribution < -0.4 is 14.8 Å². The molecule has 0 radical (unpaired) electrons. The van der Waals surface area contributed by atoms with Crippen molar-refractivity contribution in [3.8, 4) is 11.5 Å². The summed E-state index contributed by atoms with van der Waals surface area (Å²) in [6.45, 7) is 0.819. The van der Waals surface area contributed by atoms with Gasteiger partial charge in [0.2, 0.25) is 0 Å². The molecule has 0 saturated heterocycles. The summed E-state index contributed by atoms with van der Waals surface area (Å²) in [4.78, 5) is 26.9. The predicted molar refractivity (Wildman–Crippen MR) is 126 cm³/mol. The second-order valence-corrected chi connectivity index (χ2v) is 7.39. The Morgan fingerprint density at radius 1 is 0.818 bits per heavy atom. The quantitative estimate of drug-likeness (QED) is 0.449.